The van der Waals surface area contributed by atoms with Crippen molar-refractivity contribution in [3.8, 4) is 5.75 Å². The summed E-state index contributed by atoms with van der Waals surface area (Å²) in [7, 11) is 0. The van der Waals surface area contributed by atoms with E-state index in [1.54, 1.807) is 0 Å². The minimum atomic E-state index is 0.393. The third kappa shape index (κ3) is 3.50. The van der Waals surface area contributed by atoms with Gasteiger partial charge >= 0.3 is 0 Å². The molecule has 0 aliphatic heterocycles. The number of phenolic OH excluding ortho intramolecular Hbond substituents is 1. The molecule has 0 unspecified atom stereocenters. The van der Waals surface area contributed by atoms with Crippen LogP contribution in [0.15, 0.2) is 43.5 Å². The van der Waals surface area contributed by atoms with Crippen molar-refractivity contribution in [1.29, 1.82) is 0 Å². The van der Waals surface area contributed by atoms with Crippen molar-refractivity contribution in [2.75, 3.05) is 0 Å². The molecule has 1 aromatic carbocycles. The largest absolute Gasteiger partial charge is 0.508 e. The first-order valence-electron chi connectivity index (χ1n) is 7.28. The van der Waals surface area contributed by atoms with Gasteiger partial charge in [-0.2, -0.15) is 0 Å². The smallest absolute Gasteiger partial charge is 0.119 e. The average molecular weight is 256 g/mol. The Balaban J connectivity index is 2.04. The van der Waals surface area contributed by atoms with E-state index < -0.39 is 0 Å². The zero-order chi connectivity index (χ0) is 13.7. The molecule has 1 fully saturated rings. The van der Waals surface area contributed by atoms with Crippen LogP contribution in [0.1, 0.15) is 49.1 Å². The molecule has 1 aromatic rings. The Labute approximate surface area is 116 Å². The van der Waals surface area contributed by atoms with Crippen LogP contribution >= 0.6 is 0 Å². The standard InChI is InChI=1S/C18H24O/c1-3-5-14-7-9-15(10-8-14)16-11-12-18(19)17(13-16)6-4-2/h3-4,11-15,19H,1-2,5-10H2/t14-,15-. The Hall–Kier alpha value is -1.50. The molecular formula is C18H24O. The molecule has 0 radical (unpaired) electrons. The fourth-order valence-corrected chi connectivity index (χ4v) is 3.15. The van der Waals surface area contributed by atoms with E-state index in [-0.39, 0.29) is 0 Å². The van der Waals surface area contributed by atoms with Crippen molar-refractivity contribution in [3.05, 3.63) is 54.6 Å². The first-order chi connectivity index (χ1) is 9.24. The maximum Gasteiger partial charge on any atom is 0.119 e. The van der Waals surface area contributed by atoms with Crippen LogP contribution in [-0.4, -0.2) is 5.11 Å². The minimum Gasteiger partial charge on any atom is -0.508 e. The predicted octanol–water partition coefficient (Wildman–Crippen LogP) is 4.97. The van der Waals surface area contributed by atoms with E-state index in [2.05, 4.69) is 25.3 Å². The fraction of sp³-hybridized carbons (Fsp3) is 0.444. The lowest BCUT2D eigenvalue weighted by Crippen LogP contribution is -2.13. The van der Waals surface area contributed by atoms with Crippen molar-refractivity contribution in [1.82, 2.24) is 0 Å². The number of hydrogen-bond donors (Lipinski definition) is 1. The van der Waals surface area contributed by atoms with Gasteiger partial charge in [-0.25, -0.2) is 0 Å². The molecule has 0 bridgehead atoms. The Morgan fingerprint density at radius 3 is 2.47 bits per heavy atom. The number of rotatable bonds is 5. The van der Waals surface area contributed by atoms with Crippen LogP contribution in [0, 0.1) is 5.92 Å². The maximum atomic E-state index is 9.82. The predicted molar refractivity (Wildman–Crippen MR) is 81.5 cm³/mol. The van der Waals surface area contributed by atoms with Crippen molar-refractivity contribution in [2.45, 2.75) is 44.4 Å². The van der Waals surface area contributed by atoms with E-state index in [9.17, 15) is 5.11 Å². The molecule has 19 heavy (non-hydrogen) atoms. The summed E-state index contributed by atoms with van der Waals surface area (Å²) >= 11 is 0. The van der Waals surface area contributed by atoms with Crippen LogP contribution in [0.5, 0.6) is 5.75 Å². The van der Waals surface area contributed by atoms with Gasteiger partial charge in [0, 0.05) is 0 Å². The molecule has 102 valence electrons. The second-order valence-electron chi connectivity index (χ2n) is 5.62. The first-order valence-corrected chi connectivity index (χ1v) is 7.28. The SMILES string of the molecule is C=CCc1cc([C@H]2CC[C@H](CC=C)CC2)ccc1O. The van der Waals surface area contributed by atoms with Crippen LogP contribution < -0.4 is 0 Å². The molecule has 0 saturated heterocycles. The van der Waals surface area contributed by atoms with Gasteiger partial charge in [0.1, 0.15) is 5.75 Å². The molecule has 1 aliphatic carbocycles. The van der Waals surface area contributed by atoms with Gasteiger partial charge in [0.05, 0.1) is 0 Å². The van der Waals surface area contributed by atoms with E-state index in [1.165, 1.54) is 31.2 Å². The summed E-state index contributed by atoms with van der Waals surface area (Å²) < 4.78 is 0. The van der Waals surface area contributed by atoms with Crippen LogP contribution in [0.4, 0.5) is 0 Å². The zero-order valence-corrected chi connectivity index (χ0v) is 11.6. The monoisotopic (exact) mass is 256 g/mol. The van der Waals surface area contributed by atoms with Crippen LogP contribution in [0.25, 0.3) is 0 Å². The molecule has 1 nitrogen and oxygen atoms in total. The average Bonchev–Trinajstić information content (AvgIpc) is 2.43. The zero-order valence-electron chi connectivity index (χ0n) is 11.6. The second kappa shape index (κ2) is 6.60. The summed E-state index contributed by atoms with van der Waals surface area (Å²) in [5.41, 5.74) is 2.38. The van der Waals surface area contributed by atoms with Crippen LogP contribution in [0.3, 0.4) is 0 Å². The van der Waals surface area contributed by atoms with Crippen molar-refractivity contribution in [2.24, 2.45) is 5.92 Å². The molecule has 0 amide bonds. The molecular weight excluding hydrogens is 232 g/mol. The van der Waals surface area contributed by atoms with Gasteiger partial charge in [-0.1, -0.05) is 24.3 Å². The summed E-state index contributed by atoms with van der Waals surface area (Å²) in [5.74, 6) is 1.88. The summed E-state index contributed by atoms with van der Waals surface area (Å²) in [6, 6.07) is 6.08. The highest BCUT2D eigenvalue weighted by Crippen LogP contribution is 2.38. The molecule has 1 saturated carbocycles. The lowest BCUT2D eigenvalue weighted by atomic mass is 9.77. The molecule has 2 rings (SSSR count). The molecule has 0 spiro atoms. The Bertz CT molecular complexity index is 439. The van der Waals surface area contributed by atoms with Crippen molar-refractivity contribution >= 4 is 0 Å². The highest BCUT2D eigenvalue weighted by Gasteiger charge is 2.22. The lowest BCUT2D eigenvalue weighted by Gasteiger charge is -2.28. The Kier molecular flexibility index (Phi) is 4.84. The number of phenols is 1. The third-order valence-corrected chi connectivity index (χ3v) is 4.29. The number of allylic oxidation sites excluding steroid dienone is 2. The summed E-state index contributed by atoms with van der Waals surface area (Å²) in [6.07, 6.45) is 10.9. The van der Waals surface area contributed by atoms with Gasteiger partial charge in [0.25, 0.3) is 0 Å². The highest BCUT2D eigenvalue weighted by molar-refractivity contribution is 5.38. The summed E-state index contributed by atoms with van der Waals surface area (Å²) in [6.45, 7) is 7.59. The molecule has 0 heterocycles. The van der Waals surface area contributed by atoms with Crippen LogP contribution in [-0.2, 0) is 6.42 Å². The minimum absolute atomic E-state index is 0.393. The van der Waals surface area contributed by atoms with Gasteiger partial charge < -0.3 is 5.11 Å². The highest BCUT2D eigenvalue weighted by atomic mass is 16.3. The van der Waals surface area contributed by atoms with Crippen LogP contribution in [0.2, 0.25) is 0 Å². The number of aromatic hydroxyl groups is 1. The van der Waals surface area contributed by atoms with Crippen molar-refractivity contribution < 1.29 is 5.11 Å². The van der Waals surface area contributed by atoms with E-state index in [0.717, 1.165) is 24.3 Å². The molecule has 1 aliphatic rings. The Morgan fingerprint density at radius 2 is 1.84 bits per heavy atom. The molecule has 1 N–H and O–H groups in total. The molecule has 0 aromatic heterocycles. The number of benzene rings is 1. The summed E-state index contributed by atoms with van der Waals surface area (Å²) in [4.78, 5) is 0. The summed E-state index contributed by atoms with van der Waals surface area (Å²) in [5, 5.41) is 9.82. The molecule has 0 atom stereocenters. The molecule has 1 heteroatoms. The normalized spacial score (nSPS) is 22.9. The van der Waals surface area contributed by atoms with Gasteiger partial charge in [0.15, 0.2) is 0 Å². The van der Waals surface area contributed by atoms with Gasteiger partial charge in [-0.15, -0.1) is 13.2 Å². The van der Waals surface area contributed by atoms with E-state index in [1.807, 2.05) is 18.2 Å². The second-order valence-corrected chi connectivity index (χ2v) is 5.62. The maximum absolute atomic E-state index is 9.82. The van der Waals surface area contributed by atoms with Gasteiger partial charge in [-0.05, 0) is 67.6 Å². The van der Waals surface area contributed by atoms with Crippen molar-refractivity contribution in [3.63, 3.8) is 0 Å². The van der Waals surface area contributed by atoms with Gasteiger partial charge in [-0.3, -0.25) is 0 Å². The quantitative estimate of drug-likeness (QED) is 0.737. The van der Waals surface area contributed by atoms with E-state index in [4.69, 9.17) is 0 Å². The first kappa shape index (κ1) is 13.9. The van der Waals surface area contributed by atoms with Gasteiger partial charge in [0.2, 0.25) is 0 Å². The van der Waals surface area contributed by atoms with E-state index >= 15 is 0 Å². The number of hydrogen-bond acceptors (Lipinski definition) is 1. The Morgan fingerprint density at radius 1 is 1.11 bits per heavy atom. The third-order valence-electron chi connectivity index (χ3n) is 4.29. The van der Waals surface area contributed by atoms with E-state index in [0.29, 0.717) is 11.7 Å². The lowest BCUT2D eigenvalue weighted by molar-refractivity contribution is 0.328. The fourth-order valence-electron chi connectivity index (χ4n) is 3.15. The topological polar surface area (TPSA) is 20.2 Å².